The van der Waals surface area contributed by atoms with Crippen LogP contribution in [-0.4, -0.2) is 36.0 Å². The minimum atomic E-state index is -0.917. The van der Waals surface area contributed by atoms with E-state index < -0.39 is 41.5 Å². The van der Waals surface area contributed by atoms with Crippen LogP contribution >= 0.6 is 15.9 Å². The molecule has 0 aromatic heterocycles. The minimum Gasteiger partial charge on any atom is -0.460 e. The number of esters is 1. The first-order valence-corrected chi connectivity index (χ1v) is 10.8. The van der Waals surface area contributed by atoms with Crippen LogP contribution in [0.4, 0.5) is 8.78 Å². The van der Waals surface area contributed by atoms with E-state index in [1.807, 2.05) is 38.1 Å². The average Bonchev–Trinajstić information content (AvgIpc) is 2.63. The molecule has 2 aromatic carbocycles. The summed E-state index contributed by atoms with van der Waals surface area (Å²) in [6.07, 6.45) is -1.47. The highest BCUT2D eigenvalue weighted by Gasteiger charge is 2.29. The molecule has 1 unspecified atom stereocenters. The first kappa shape index (κ1) is 25.4. The van der Waals surface area contributed by atoms with Gasteiger partial charge in [-0.25, -0.2) is 8.78 Å². The molecule has 0 aliphatic heterocycles. The summed E-state index contributed by atoms with van der Waals surface area (Å²) in [5.74, 6) is -1.87. The van der Waals surface area contributed by atoms with Crippen molar-refractivity contribution in [1.82, 2.24) is 10.6 Å². The minimum absolute atomic E-state index is 0.149. The Kier molecular flexibility index (Phi) is 9.12. The fourth-order valence-corrected chi connectivity index (χ4v) is 3.80. The Bertz CT molecular complexity index is 873. The van der Waals surface area contributed by atoms with Gasteiger partial charge in [-0.3, -0.25) is 10.1 Å². The van der Waals surface area contributed by atoms with Gasteiger partial charge < -0.3 is 15.2 Å². The van der Waals surface area contributed by atoms with Gasteiger partial charge in [0.15, 0.2) is 0 Å². The Hall–Kier alpha value is -1.87. The van der Waals surface area contributed by atoms with E-state index in [9.17, 15) is 18.7 Å². The van der Waals surface area contributed by atoms with E-state index in [1.54, 1.807) is 0 Å². The summed E-state index contributed by atoms with van der Waals surface area (Å²) in [7, 11) is 0. The number of carbonyl (C=O) groups is 1. The number of hydrogen-bond acceptors (Lipinski definition) is 5. The van der Waals surface area contributed by atoms with Crippen molar-refractivity contribution in [3.63, 3.8) is 0 Å². The Morgan fingerprint density at radius 1 is 1.19 bits per heavy atom. The number of benzene rings is 2. The van der Waals surface area contributed by atoms with Crippen molar-refractivity contribution >= 4 is 21.9 Å². The van der Waals surface area contributed by atoms with Crippen LogP contribution in [-0.2, 0) is 21.5 Å². The molecule has 5 nitrogen and oxygen atoms in total. The molecule has 0 heterocycles. The fourth-order valence-electron chi connectivity index (χ4n) is 3.40. The molecule has 3 N–H and O–H groups in total. The summed E-state index contributed by atoms with van der Waals surface area (Å²) in [5.41, 5.74) is 0.956. The zero-order valence-electron chi connectivity index (χ0n) is 18.1. The Labute approximate surface area is 190 Å². The van der Waals surface area contributed by atoms with Crippen molar-refractivity contribution in [3.05, 3.63) is 69.7 Å². The predicted molar refractivity (Wildman–Crippen MR) is 119 cm³/mol. The molecule has 0 fully saturated rings. The first-order chi connectivity index (χ1) is 14.5. The lowest BCUT2D eigenvalue weighted by atomic mass is 9.93. The summed E-state index contributed by atoms with van der Waals surface area (Å²) < 4.78 is 33.8. The zero-order valence-corrected chi connectivity index (χ0v) is 19.7. The van der Waals surface area contributed by atoms with E-state index in [2.05, 4.69) is 26.6 Å². The summed E-state index contributed by atoms with van der Waals surface area (Å²) >= 11 is 3.47. The monoisotopic (exact) mass is 498 g/mol. The normalized spacial score (nSPS) is 14.7. The molecule has 2 rings (SSSR count). The number of aliphatic hydroxyl groups excluding tert-OH is 1. The second-order valence-electron chi connectivity index (χ2n) is 8.10. The number of halogens is 3. The quantitative estimate of drug-likeness (QED) is 0.340. The van der Waals surface area contributed by atoms with Crippen LogP contribution in [0.25, 0.3) is 0 Å². The standard InChI is InChI=1S/C23H29BrF2N2O3/c1-14(29)28-21(10-16-8-19(25)12-20(26)9-16)22(31-15(2)30)13-27-23(3,4)17-6-5-7-18(24)11-17/h5-9,11-12,14,21-22,27-29H,10,13H2,1-4H3/t14?,21-,22+/m0/s1. The molecule has 0 spiro atoms. The van der Waals surface area contributed by atoms with E-state index in [0.717, 1.165) is 16.1 Å². The number of ether oxygens (including phenoxy) is 1. The third-order valence-electron chi connectivity index (χ3n) is 4.89. The molecular weight excluding hydrogens is 470 g/mol. The number of carbonyl (C=O) groups excluding carboxylic acids is 1. The van der Waals surface area contributed by atoms with Gasteiger partial charge in [0.05, 0.1) is 6.04 Å². The maximum Gasteiger partial charge on any atom is 0.303 e. The molecule has 31 heavy (non-hydrogen) atoms. The smallest absolute Gasteiger partial charge is 0.303 e. The van der Waals surface area contributed by atoms with Crippen LogP contribution in [0, 0.1) is 11.6 Å². The molecule has 8 heteroatoms. The molecule has 0 aliphatic carbocycles. The van der Waals surface area contributed by atoms with Crippen LogP contribution in [0.5, 0.6) is 0 Å². The maximum atomic E-state index is 13.7. The molecule has 0 radical (unpaired) electrons. The van der Waals surface area contributed by atoms with E-state index >= 15 is 0 Å². The number of rotatable bonds is 10. The highest BCUT2D eigenvalue weighted by atomic mass is 79.9. The van der Waals surface area contributed by atoms with Crippen LogP contribution in [0.15, 0.2) is 46.9 Å². The molecule has 3 atom stereocenters. The van der Waals surface area contributed by atoms with Gasteiger partial charge in [0.25, 0.3) is 0 Å². The highest BCUT2D eigenvalue weighted by Crippen LogP contribution is 2.24. The van der Waals surface area contributed by atoms with Crippen LogP contribution in [0.1, 0.15) is 38.8 Å². The van der Waals surface area contributed by atoms with Gasteiger partial charge >= 0.3 is 5.97 Å². The molecule has 0 saturated heterocycles. The average molecular weight is 499 g/mol. The van der Waals surface area contributed by atoms with Crippen molar-refractivity contribution in [2.24, 2.45) is 0 Å². The lowest BCUT2D eigenvalue weighted by Crippen LogP contribution is -2.53. The summed E-state index contributed by atoms with van der Waals surface area (Å²) in [6.45, 7) is 7.08. The van der Waals surface area contributed by atoms with Crippen molar-refractivity contribution in [2.45, 2.75) is 58.0 Å². The molecule has 170 valence electrons. The van der Waals surface area contributed by atoms with Crippen molar-refractivity contribution in [2.75, 3.05) is 6.54 Å². The van der Waals surface area contributed by atoms with Gasteiger partial charge in [0.1, 0.15) is 24.0 Å². The van der Waals surface area contributed by atoms with Gasteiger partial charge in [-0.15, -0.1) is 0 Å². The third-order valence-corrected chi connectivity index (χ3v) is 5.38. The molecule has 2 aromatic rings. The fraction of sp³-hybridized carbons (Fsp3) is 0.435. The number of aliphatic hydroxyl groups is 1. The van der Waals surface area contributed by atoms with Gasteiger partial charge in [-0.05, 0) is 62.6 Å². The zero-order chi connectivity index (χ0) is 23.2. The lowest BCUT2D eigenvalue weighted by Gasteiger charge is -2.34. The van der Waals surface area contributed by atoms with E-state index in [0.29, 0.717) is 5.56 Å². The Morgan fingerprint density at radius 3 is 2.39 bits per heavy atom. The lowest BCUT2D eigenvalue weighted by molar-refractivity contribution is -0.148. The van der Waals surface area contributed by atoms with Gasteiger partial charge in [-0.1, -0.05) is 28.1 Å². The molecular formula is C23H29BrF2N2O3. The van der Waals surface area contributed by atoms with E-state index in [1.165, 1.54) is 26.0 Å². The second-order valence-corrected chi connectivity index (χ2v) is 9.01. The van der Waals surface area contributed by atoms with Crippen molar-refractivity contribution in [1.29, 1.82) is 0 Å². The Morgan fingerprint density at radius 2 is 1.84 bits per heavy atom. The summed E-state index contributed by atoms with van der Waals surface area (Å²) in [5, 5.41) is 16.3. The third kappa shape index (κ3) is 8.29. The van der Waals surface area contributed by atoms with Gasteiger partial charge in [-0.2, -0.15) is 0 Å². The number of nitrogens with one attached hydrogen (secondary N) is 2. The molecule has 0 amide bonds. The molecule has 0 aliphatic rings. The van der Waals surface area contributed by atoms with Gasteiger partial charge in [0.2, 0.25) is 0 Å². The SMILES string of the molecule is CC(=O)O[C@H](CNC(C)(C)c1cccc(Br)c1)[C@H](Cc1cc(F)cc(F)c1)NC(C)O. The van der Waals surface area contributed by atoms with Crippen molar-refractivity contribution < 1.29 is 23.4 Å². The first-order valence-electron chi connectivity index (χ1n) is 10.0. The van der Waals surface area contributed by atoms with Gasteiger partial charge in [0, 0.05) is 29.5 Å². The Balaban J connectivity index is 2.25. The molecule has 0 saturated carbocycles. The highest BCUT2D eigenvalue weighted by molar-refractivity contribution is 9.10. The second kappa shape index (κ2) is 11.1. The van der Waals surface area contributed by atoms with E-state index in [4.69, 9.17) is 4.74 Å². The number of hydrogen-bond donors (Lipinski definition) is 3. The molecule has 0 bridgehead atoms. The summed E-state index contributed by atoms with van der Waals surface area (Å²) in [4.78, 5) is 11.8. The van der Waals surface area contributed by atoms with Crippen LogP contribution in [0.3, 0.4) is 0 Å². The largest absolute Gasteiger partial charge is 0.460 e. The van der Waals surface area contributed by atoms with Crippen molar-refractivity contribution in [3.8, 4) is 0 Å². The van der Waals surface area contributed by atoms with E-state index in [-0.39, 0.29) is 13.0 Å². The predicted octanol–water partition coefficient (Wildman–Crippen LogP) is 4.02. The van der Waals surface area contributed by atoms with Crippen LogP contribution in [0.2, 0.25) is 0 Å². The van der Waals surface area contributed by atoms with Crippen LogP contribution < -0.4 is 10.6 Å². The summed E-state index contributed by atoms with van der Waals surface area (Å²) in [6, 6.07) is 10.5. The maximum absolute atomic E-state index is 13.7. The topological polar surface area (TPSA) is 70.6 Å².